The van der Waals surface area contributed by atoms with Crippen LogP contribution in [0.4, 0.5) is 4.39 Å². The van der Waals surface area contributed by atoms with E-state index in [-0.39, 0.29) is 5.82 Å². The molecule has 0 fully saturated rings. The van der Waals surface area contributed by atoms with Crippen LogP contribution < -0.4 is 5.32 Å². The van der Waals surface area contributed by atoms with Gasteiger partial charge in [0.05, 0.1) is 12.7 Å². The van der Waals surface area contributed by atoms with Crippen LogP contribution in [0.25, 0.3) is 0 Å². The van der Waals surface area contributed by atoms with E-state index in [1.807, 2.05) is 0 Å². The van der Waals surface area contributed by atoms with Gasteiger partial charge in [-0.3, -0.25) is 0 Å². The molecule has 0 aliphatic carbocycles. The molecule has 0 saturated carbocycles. The third kappa shape index (κ3) is 7.01. The molecule has 5 heteroatoms. The molecular formula is C14H21BrFNO2. The van der Waals surface area contributed by atoms with Gasteiger partial charge in [0.25, 0.3) is 0 Å². The Morgan fingerprint density at radius 1 is 1.37 bits per heavy atom. The Kier molecular flexibility index (Phi) is 7.53. The highest BCUT2D eigenvalue weighted by molar-refractivity contribution is 9.10. The molecule has 0 aliphatic heterocycles. The summed E-state index contributed by atoms with van der Waals surface area (Å²) in [4.78, 5) is 0. The van der Waals surface area contributed by atoms with Crippen molar-refractivity contribution < 1.29 is 14.2 Å². The van der Waals surface area contributed by atoms with Crippen LogP contribution in [0.15, 0.2) is 22.7 Å². The predicted molar refractivity (Wildman–Crippen MR) is 77.5 cm³/mol. The molecule has 1 unspecified atom stereocenters. The van der Waals surface area contributed by atoms with E-state index in [1.54, 1.807) is 6.07 Å². The Morgan fingerprint density at radius 2 is 2.11 bits per heavy atom. The lowest BCUT2D eigenvalue weighted by molar-refractivity contribution is 0.0260. The molecular weight excluding hydrogens is 313 g/mol. The SMILES string of the molecule is CC(C)COCC(O)CNCc1cc(F)ccc1Br. The minimum Gasteiger partial charge on any atom is -0.389 e. The third-order valence-electron chi connectivity index (χ3n) is 2.46. The lowest BCUT2D eigenvalue weighted by atomic mass is 10.2. The number of hydrogen-bond acceptors (Lipinski definition) is 3. The summed E-state index contributed by atoms with van der Waals surface area (Å²) in [5.41, 5.74) is 0.829. The zero-order valence-electron chi connectivity index (χ0n) is 11.3. The summed E-state index contributed by atoms with van der Waals surface area (Å²) in [6.45, 7) is 6.00. The maximum absolute atomic E-state index is 13.1. The molecule has 0 aliphatic rings. The number of halogens is 2. The van der Waals surface area contributed by atoms with E-state index in [2.05, 4.69) is 35.1 Å². The first-order valence-electron chi connectivity index (χ1n) is 6.39. The van der Waals surface area contributed by atoms with Crippen LogP contribution in [0.3, 0.4) is 0 Å². The highest BCUT2D eigenvalue weighted by Gasteiger charge is 2.06. The highest BCUT2D eigenvalue weighted by atomic mass is 79.9. The van der Waals surface area contributed by atoms with Crippen molar-refractivity contribution in [2.24, 2.45) is 5.92 Å². The molecule has 3 nitrogen and oxygen atoms in total. The van der Waals surface area contributed by atoms with Crippen molar-refractivity contribution in [3.8, 4) is 0 Å². The first kappa shape index (κ1) is 16.6. The summed E-state index contributed by atoms with van der Waals surface area (Å²) >= 11 is 3.36. The predicted octanol–water partition coefficient (Wildman–Crippen LogP) is 2.71. The Bertz CT molecular complexity index is 388. The summed E-state index contributed by atoms with van der Waals surface area (Å²) in [6.07, 6.45) is -0.550. The van der Waals surface area contributed by atoms with Gasteiger partial charge in [-0.05, 0) is 29.7 Å². The van der Waals surface area contributed by atoms with Gasteiger partial charge in [-0.1, -0.05) is 29.8 Å². The molecule has 0 saturated heterocycles. The van der Waals surface area contributed by atoms with E-state index in [0.717, 1.165) is 10.0 Å². The van der Waals surface area contributed by atoms with E-state index in [4.69, 9.17) is 4.74 Å². The number of benzene rings is 1. The number of nitrogens with one attached hydrogen (secondary N) is 1. The zero-order chi connectivity index (χ0) is 14.3. The Hall–Kier alpha value is -0.490. The lowest BCUT2D eigenvalue weighted by Gasteiger charge is -2.14. The average Bonchev–Trinajstić information content (AvgIpc) is 2.33. The topological polar surface area (TPSA) is 41.5 Å². The summed E-state index contributed by atoms with van der Waals surface area (Å²) < 4.78 is 19.3. The molecule has 1 aromatic rings. The second-order valence-corrected chi connectivity index (χ2v) is 5.81. The largest absolute Gasteiger partial charge is 0.389 e. The first-order chi connectivity index (χ1) is 8.99. The van der Waals surface area contributed by atoms with Crippen molar-refractivity contribution in [2.45, 2.75) is 26.5 Å². The van der Waals surface area contributed by atoms with Gasteiger partial charge in [0, 0.05) is 24.2 Å². The Morgan fingerprint density at radius 3 is 2.79 bits per heavy atom. The van der Waals surface area contributed by atoms with Crippen molar-refractivity contribution in [1.29, 1.82) is 0 Å². The second-order valence-electron chi connectivity index (χ2n) is 4.95. The molecule has 108 valence electrons. The minimum absolute atomic E-state index is 0.263. The molecule has 19 heavy (non-hydrogen) atoms. The monoisotopic (exact) mass is 333 g/mol. The van der Waals surface area contributed by atoms with Crippen LogP contribution in [0, 0.1) is 11.7 Å². The fraction of sp³-hybridized carbons (Fsp3) is 0.571. The van der Waals surface area contributed by atoms with Gasteiger partial charge in [0.15, 0.2) is 0 Å². The molecule has 1 aromatic carbocycles. The third-order valence-corrected chi connectivity index (χ3v) is 3.24. The van der Waals surface area contributed by atoms with Gasteiger partial charge in [-0.15, -0.1) is 0 Å². The summed E-state index contributed by atoms with van der Waals surface area (Å²) in [6, 6.07) is 4.55. The molecule has 0 radical (unpaired) electrons. The number of aliphatic hydroxyl groups is 1. The molecule has 1 rings (SSSR count). The number of aliphatic hydroxyl groups excluding tert-OH is 1. The summed E-state index contributed by atoms with van der Waals surface area (Å²) in [7, 11) is 0. The molecule has 2 N–H and O–H groups in total. The van der Waals surface area contributed by atoms with E-state index in [0.29, 0.717) is 32.2 Å². The molecule has 0 amide bonds. The van der Waals surface area contributed by atoms with E-state index in [9.17, 15) is 9.50 Å². The van der Waals surface area contributed by atoms with Crippen LogP contribution in [-0.4, -0.2) is 31.0 Å². The zero-order valence-corrected chi connectivity index (χ0v) is 12.9. The van der Waals surface area contributed by atoms with E-state index >= 15 is 0 Å². The smallest absolute Gasteiger partial charge is 0.123 e. The number of rotatable bonds is 8. The van der Waals surface area contributed by atoms with E-state index < -0.39 is 6.10 Å². The van der Waals surface area contributed by atoms with Gasteiger partial charge >= 0.3 is 0 Å². The first-order valence-corrected chi connectivity index (χ1v) is 7.18. The van der Waals surface area contributed by atoms with Crippen molar-refractivity contribution >= 4 is 15.9 Å². The van der Waals surface area contributed by atoms with Crippen LogP contribution in [0.1, 0.15) is 19.4 Å². The van der Waals surface area contributed by atoms with Gasteiger partial charge in [-0.25, -0.2) is 4.39 Å². The number of hydrogen-bond donors (Lipinski definition) is 2. The summed E-state index contributed by atoms with van der Waals surface area (Å²) in [5.74, 6) is 0.198. The van der Waals surface area contributed by atoms with E-state index in [1.165, 1.54) is 12.1 Å². The Balaban J connectivity index is 2.24. The number of ether oxygens (including phenoxy) is 1. The fourth-order valence-corrected chi connectivity index (χ4v) is 1.94. The lowest BCUT2D eigenvalue weighted by Crippen LogP contribution is -2.30. The van der Waals surface area contributed by atoms with Gasteiger partial charge < -0.3 is 15.2 Å². The summed E-state index contributed by atoms with van der Waals surface area (Å²) in [5, 5.41) is 12.8. The van der Waals surface area contributed by atoms with Crippen molar-refractivity contribution in [3.63, 3.8) is 0 Å². The van der Waals surface area contributed by atoms with Gasteiger partial charge in [0.2, 0.25) is 0 Å². The van der Waals surface area contributed by atoms with Gasteiger partial charge in [0.1, 0.15) is 5.82 Å². The minimum atomic E-state index is -0.550. The molecule has 0 aromatic heterocycles. The maximum Gasteiger partial charge on any atom is 0.123 e. The van der Waals surface area contributed by atoms with Gasteiger partial charge in [-0.2, -0.15) is 0 Å². The maximum atomic E-state index is 13.1. The average molecular weight is 334 g/mol. The van der Waals surface area contributed by atoms with Crippen LogP contribution in [0.2, 0.25) is 0 Å². The standard InChI is InChI=1S/C14H21BrFNO2/c1-10(2)8-19-9-13(18)7-17-6-11-5-12(16)3-4-14(11)15/h3-5,10,13,17-18H,6-9H2,1-2H3. The highest BCUT2D eigenvalue weighted by Crippen LogP contribution is 2.17. The molecule has 0 heterocycles. The Labute approximate surface area is 122 Å². The van der Waals surface area contributed by atoms with Crippen LogP contribution in [0.5, 0.6) is 0 Å². The molecule has 0 bridgehead atoms. The molecule has 1 atom stereocenters. The molecule has 0 spiro atoms. The quantitative estimate of drug-likeness (QED) is 0.768. The normalized spacial score (nSPS) is 12.9. The van der Waals surface area contributed by atoms with Crippen LogP contribution in [-0.2, 0) is 11.3 Å². The second kappa shape index (κ2) is 8.64. The van der Waals surface area contributed by atoms with Crippen molar-refractivity contribution in [2.75, 3.05) is 19.8 Å². The van der Waals surface area contributed by atoms with Crippen molar-refractivity contribution in [3.05, 3.63) is 34.1 Å². The fourth-order valence-electron chi connectivity index (χ4n) is 1.55. The van der Waals surface area contributed by atoms with Crippen LogP contribution >= 0.6 is 15.9 Å². The van der Waals surface area contributed by atoms with Crippen molar-refractivity contribution in [1.82, 2.24) is 5.32 Å².